The summed E-state index contributed by atoms with van der Waals surface area (Å²) in [4.78, 5) is 0. The molecular formula is C7H4BFO2. The highest BCUT2D eigenvalue weighted by Crippen LogP contribution is 2.31. The largest absolute Gasteiger partial charge is 0.454 e. The average molecular weight is 150 g/mol. The minimum atomic E-state index is -0.438. The summed E-state index contributed by atoms with van der Waals surface area (Å²) in [5.41, 5.74) is 0.402. The molecule has 0 aromatic heterocycles. The molecule has 1 aliphatic heterocycles. The van der Waals surface area contributed by atoms with Gasteiger partial charge < -0.3 is 9.47 Å². The zero-order chi connectivity index (χ0) is 7.84. The van der Waals surface area contributed by atoms with Gasteiger partial charge >= 0.3 is 0 Å². The van der Waals surface area contributed by atoms with Gasteiger partial charge in [0, 0.05) is 0 Å². The topological polar surface area (TPSA) is 18.5 Å². The number of benzene rings is 1. The third-order valence-electron chi connectivity index (χ3n) is 1.50. The Morgan fingerprint density at radius 2 is 2.00 bits per heavy atom. The first-order chi connectivity index (χ1) is 5.29. The molecule has 0 atom stereocenters. The number of halogens is 1. The lowest BCUT2D eigenvalue weighted by molar-refractivity contribution is 0.171. The van der Waals surface area contributed by atoms with Crippen LogP contribution in [0, 0.1) is 5.82 Å². The lowest BCUT2D eigenvalue weighted by atomic mass is 9.95. The van der Waals surface area contributed by atoms with Crippen LogP contribution >= 0.6 is 0 Å². The second-order valence-corrected chi connectivity index (χ2v) is 2.20. The van der Waals surface area contributed by atoms with Crippen LogP contribution in [0.1, 0.15) is 0 Å². The van der Waals surface area contributed by atoms with Crippen molar-refractivity contribution >= 4 is 13.3 Å². The van der Waals surface area contributed by atoms with Gasteiger partial charge in [-0.1, -0.05) is 11.5 Å². The third kappa shape index (κ3) is 0.860. The predicted octanol–water partition coefficient (Wildman–Crippen LogP) is 0.348. The van der Waals surface area contributed by atoms with Crippen molar-refractivity contribution in [3.05, 3.63) is 17.9 Å². The van der Waals surface area contributed by atoms with Gasteiger partial charge in [0.2, 0.25) is 12.5 Å². The average Bonchev–Trinajstić information content (AvgIpc) is 2.45. The van der Waals surface area contributed by atoms with E-state index in [1.807, 2.05) is 0 Å². The van der Waals surface area contributed by atoms with Gasteiger partial charge in [-0.05, 0) is 6.07 Å². The molecule has 0 spiro atoms. The molecule has 1 aromatic carbocycles. The molecule has 0 amide bonds. The minimum absolute atomic E-state index is 0.0421. The van der Waals surface area contributed by atoms with Gasteiger partial charge in [0.1, 0.15) is 7.85 Å². The van der Waals surface area contributed by atoms with E-state index in [0.29, 0.717) is 11.2 Å². The van der Waals surface area contributed by atoms with E-state index in [1.54, 1.807) is 0 Å². The van der Waals surface area contributed by atoms with E-state index in [1.165, 1.54) is 12.1 Å². The molecule has 4 heteroatoms. The Hall–Kier alpha value is -1.19. The van der Waals surface area contributed by atoms with Gasteiger partial charge in [-0.3, -0.25) is 0 Å². The number of hydrogen-bond acceptors (Lipinski definition) is 2. The molecule has 0 aliphatic carbocycles. The molecule has 2 rings (SSSR count). The fourth-order valence-corrected chi connectivity index (χ4v) is 0.985. The molecule has 0 N–H and O–H groups in total. The summed E-state index contributed by atoms with van der Waals surface area (Å²) in [6.45, 7) is 0.0421. The maximum absolute atomic E-state index is 12.8. The Bertz CT molecular complexity index is 272. The highest BCUT2D eigenvalue weighted by atomic mass is 19.1. The summed E-state index contributed by atoms with van der Waals surface area (Å²) < 4.78 is 22.6. The normalized spacial score (nSPS) is 13.5. The minimum Gasteiger partial charge on any atom is -0.454 e. The summed E-state index contributed by atoms with van der Waals surface area (Å²) in [7, 11) is 5.47. The quantitative estimate of drug-likeness (QED) is 0.496. The van der Waals surface area contributed by atoms with Crippen LogP contribution < -0.4 is 14.9 Å². The van der Waals surface area contributed by atoms with Crippen molar-refractivity contribution in [1.29, 1.82) is 0 Å². The van der Waals surface area contributed by atoms with E-state index >= 15 is 0 Å². The smallest absolute Gasteiger partial charge is 0.231 e. The fraction of sp³-hybridized carbons (Fsp3) is 0.143. The van der Waals surface area contributed by atoms with E-state index < -0.39 is 5.82 Å². The van der Waals surface area contributed by atoms with Crippen LogP contribution in [0.2, 0.25) is 0 Å². The van der Waals surface area contributed by atoms with Gasteiger partial charge in [-0.2, -0.15) is 0 Å². The SMILES string of the molecule is [B]c1ccc(F)c2c1OCO2. The molecular weight excluding hydrogens is 146 g/mol. The Kier molecular flexibility index (Phi) is 1.28. The van der Waals surface area contributed by atoms with Gasteiger partial charge in [0.15, 0.2) is 11.6 Å². The maximum atomic E-state index is 12.8. The summed E-state index contributed by atoms with van der Waals surface area (Å²) >= 11 is 0. The van der Waals surface area contributed by atoms with Crippen LogP contribution in [0.5, 0.6) is 11.5 Å². The number of fused-ring (bicyclic) bond motifs is 1. The number of rotatable bonds is 0. The maximum Gasteiger partial charge on any atom is 0.231 e. The molecule has 0 unspecified atom stereocenters. The highest BCUT2D eigenvalue weighted by Gasteiger charge is 2.19. The molecule has 0 fully saturated rings. The van der Waals surface area contributed by atoms with Crippen molar-refractivity contribution in [2.24, 2.45) is 0 Å². The second-order valence-electron chi connectivity index (χ2n) is 2.20. The molecule has 54 valence electrons. The highest BCUT2D eigenvalue weighted by molar-refractivity contribution is 6.34. The van der Waals surface area contributed by atoms with E-state index in [-0.39, 0.29) is 12.5 Å². The summed E-state index contributed by atoms with van der Waals surface area (Å²) in [6, 6.07) is 2.70. The molecule has 0 bridgehead atoms. The molecule has 2 radical (unpaired) electrons. The van der Waals surface area contributed by atoms with Crippen molar-refractivity contribution in [1.82, 2.24) is 0 Å². The van der Waals surface area contributed by atoms with E-state index in [9.17, 15) is 4.39 Å². The standard InChI is InChI=1S/C7H4BFO2/c8-4-1-2-5(9)7-6(4)10-3-11-7/h1-2H,3H2. The second kappa shape index (κ2) is 2.15. The first-order valence-corrected chi connectivity index (χ1v) is 3.12. The van der Waals surface area contributed by atoms with Crippen molar-refractivity contribution < 1.29 is 13.9 Å². The van der Waals surface area contributed by atoms with Crippen LogP contribution in [0.25, 0.3) is 0 Å². The Morgan fingerprint density at radius 1 is 1.27 bits per heavy atom. The first-order valence-electron chi connectivity index (χ1n) is 3.12. The number of hydrogen-bond donors (Lipinski definition) is 0. The Morgan fingerprint density at radius 3 is 2.73 bits per heavy atom. The van der Waals surface area contributed by atoms with Crippen LogP contribution in [0.3, 0.4) is 0 Å². The molecule has 0 saturated heterocycles. The predicted molar refractivity (Wildman–Crippen MR) is 37.9 cm³/mol. The van der Waals surface area contributed by atoms with Crippen LogP contribution in [-0.4, -0.2) is 14.6 Å². The van der Waals surface area contributed by atoms with E-state index in [4.69, 9.17) is 17.3 Å². The lowest BCUT2D eigenvalue weighted by Crippen LogP contribution is -2.05. The summed E-state index contributed by atoms with van der Waals surface area (Å²) in [5.74, 6) is -0.0123. The summed E-state index contributed by atoms with van der Waals surface area (Å²) in [6.07, 6.45) is 0. The van der Waals surface area contributed by atoms with Gasteiger partial charge in [-0.15, -0.1) is 0 Å². The molecule has 1 aromatic rings. The monoisotopic (exact) mass is 150 g/mol. The molecule has 1 aliphatic rings. The number of ether oxygens (including phenoxy) is 2. The van der Waals surface area contributed by atoms with E-state index in [2.05, 4.69) is 0 Å². The van der Waals surface area contributed by atoms with Gasteiger partial charge in [0.05, 0.1) is 0 Å². The molecule has 1 heterocycles. The van der Waals surface area contributed by atoms with Crippen LogP contribution in [0.15, 0.2) is 12.1 Å². The van der Waals surface area contributed by atoms with Crippen LogP contribution in [0.4, 0.5) is 4.39 Å². The van der Waals surface area contributed by atoms with Crippen molar-refractivity contribution in [3.8, 4) is 11.5 Å². The van der Waals surface area contributed by atoms with Gasteiger partial charge in [0.25, 0.3) is 0 Å². The molecule has 0 saturated carbocycles. The summed E-state index contributed by atoms with van der Waals surface area (Å²) in [5, 5.41) is 0. The van der Waals surface area contributed by atoms with E-state index in [0.717, 1.165) is 0 Å². The third-order valence-corrected chi connectivity index (χ3v) is 1.50. The Labute approximate surface area is 64.3 Å². The first kappa shape index (κ1) is 6.52. The zero-order valence-corrected chi connectivity index (χ0v) is 5.63. The Balaban J connectivity index is 2.64. The van der Waals surface area contributed by atoms with Crippen LogP contribution in [-0.2, 0) is 0 Å². The fourth-order valence-electron chi connectivity index (χ4n) is 0.985. The molecule has 2 nitrogen and oxygen atoms in total. The zero-order valence-electron chi connectivity index (χ0n) is 5.63. The van der Waals surface area contributed by atoms with Crippen molar-refractivity contribution in [2.75, 3.05) is 6.79 Å². The van der Waals surface area contributed by atoms with Crippen molar-refractivity contribution in [2.45, 2.75) is 0 Å². The van der Waals surface area contributed by atoms with Gasteiger partial charge in [-0.25, -0.2) is 4.39 Å². The molecule has 11 heavy (non-hydrogen) atoms. The van der Waals surface area contributed by atoms with Crippen molar-refractivity contribution in [3.63, 3.8) is 0 Å². The lowest BCUT2D eigenvalue weighted by Gasteiger charge is -1.99.